The molecular formula is C22H40N6O7. The zero-order valence-corrected chi connectivity index (χ0v) is 20.3. The Labute approximate surface area is 205 Å². The maximum absolute atomic E-state index is 12.1. The lowest BCUT2D eigenvalue weighted by Gasteiger charge is -2.19. The Balaban J connectivity index is 4.16. The number of amides is 3. The van der Waals surface area contributed by atoms with Crippen LogP contribution in [0, 0.1) is 0 Å². The van der Waals surface area contributed by atoms with Crippen molar-refractivity contribution in [3.05, 3.63) is 12.7 Å². The number of hydrogen-bond acceptors (Lipinski definition) is 9. The van der Waals surface area contributed by atoms with Gasteiger partial charge < -0.3 is 42.6 Å². The Morgan fingerprint density at radius 3 is 2.06 bits per heavy atom. The molecule has 13 heteroatoms. The second-order valence-electron chi connectivity index (χ2n) is 7.84. The molecule has 0 aromatic rings. The third-order valence-corrected chi connectivity index (χ3v) is 4.99. The first kappa shape index (κ1) is 32.0. The highest BCUT2D eigenvalue weighted by atomic mass is 16.5. The lowest BCUT2D eigenvalue weighted by atomic mass is 10.1. The van der Waals surface area contributed by atoms with E-state index in [4.69, 9.17) is 21.3 Å². The Kier molecular flexibility index (Phi) is 17.6. The van der Waals surface area contributed by atoms with Crippen LogP contribution in [0.1, 0.15) is 44.9 Å². The minimum absolute atomic E-state index is 0.0105. The summed E-state index contributed by atoms with van der Waals surface area (Å²) in [5.74, 6) is -2.68. The predicted octanol–water partition coefficient (Wildman–Crippen LogP) is -1.88. The molecular weight excluding hydrogens is 460 g/mol. The highest BCUT2D eigenvalue weighted by Crippen LogP contribution is 2.04. The van der Waals surface area contributed by atoms with Crippen molar-refractivity contribution in [2.24, 2.45) is 11.5 Å². The fourth-order valence-corrected chi connectivity index (χ4v) is 2.91. The Hall–Kier alpha value is -3.03. The average Bonchev–Trinajstić information content (AvgIpc) is 2.83. The van der Waals surface area contributed by atoms with Crippen LogP contribution < -0.4 is 32.7 Å². The van der Waals surface area contributed by atoms with Gasteiger partial charge in [-0.05, 0) is 39.2 Å². The van der Waals surface area contributed by atoms with Crippen molar-refractivity contribution in [3.63, 3.8) is 0 Å². The second kappa shape index (κ2) is 19.3. The number of likely N-dealkylation sites (N-methyl/N-ethyl adjacent to an activating group) is 1. The van der Waals surface area contributed by atoms with Crippen LogP contribution in [0.15, 0.2) is 12.7 Å². The first-order valence-electron chi connectivity index (χ1n) is 11.6. The van der Waals surface area contributed by atoms with E-state index in [1.54, 1.807) is 7.05 Å². The lowest BCUT2D eigenvalue weighted by Crippen LogP contribution is -2.51. The highest BCUT2D eigenvalue weighted by Gasteiger charge is 2.24. The number of esters is 1. The van der Waals surface area contributed by atoms with E-state index < -0.39 is 36.0 Å². The van der Waals surface area contributed by atoms with Crippen LogP contribution in [0.25, 0.3) is 0 Å². The van der Waals surface area contributed by atoms with Gasteiger partial charge in [0.1, 0.15) is 18.7 Å². The first-order valence-corrected chi connectivity index (χ1v) is 11.6. The largest absolute Gasteiger partial charge is 0.480 e. The number of nitrogens with one attached hydrogen (secondary N) is 4. The molecule has 0 saturated carbocycles. The minimum Gasteiger partial charge on any atom is -0.480 e. The molecule has 0 aliphatic carbocycles. The molecule has 35 heavy (non-hydrogen) atoms. The molecule has 0 aliphatic heterocycles. The highest BCUT2D eigenvalue weighted by molar-refractivity contribution is 5.87. The zero-order valence-electron chi connectivity index (χ0n) is 20.3. The van der Waals surface area contributed by atoms with E-state index in [0.29, 0.717) is 38.8 Å². The molecule has 0 radical (unpaired) electrons. The number of hydrogen-bond donors (Lipinski definition) is 7. The van der Waals surface area contributed by atoms with Gasteiger partial charge in [0.25, 0.3) is 0 Å². The number of ether oxygens (including phenoxy) is 1. The van der Waals surface area contributed by atoms with Gasteiger partial charge in [-0.15, -0.1) is 0 Å². The van der Waals surface area contributed by atoms with Gasteiger partial charge in [-0.25, -0.2) is 4.79 Å². The van der Waals surface area contributed by atoms with Crippen molar-refractivity contribution in [2.45, 2.75) is 63.1 Å². The predicted molar refractivity (Wildman–Crippen MR) is 129 cm³/mol. The number of nitrogens with two attached hydrogens (primary N) is 2. The van der Waals surface area contributed by atoms with Crippen molar-refractivity contribution in [2.75, 3.05) is 33.3 Å². The van der Waals surface area contributed by atoms with E-state index in [9.17, 15) is 24.0 Å². The van der Waals surface area contributed by atoms with Gasteiger partial charge in [-0.1, -0.05) is 12.7 Å². The number of carboxylic acid groups (broad SMARTS) is 1. The number of carboxylic acids is 1. The summed E-state index contributed by atoms with van der Waals surface area (Å²) in [6, 6.07) is -2.49. The fraction of sp³-hybridized carbons (Fsp3) is 0.682. The number of carbonyl (C=O) groups excluding carboxylic acids is 4. The average molecular weight is 501 g/mol. The molecule has 9 N–H and O–H groups in total. The summed E-state index contributed by atoms with van der Waals surface area (Å²) < 4.78 is 5.00. The Bertz CT molecular complexity index is 704. The Morgan fingerprint density at radius 1 is 0.971 bits per heavy atom. The SMILES string of the molecule is C=CCOC(=O)C(CCCCNC(=O)CCC(=O)NCCCC(NC)C(=O)O)NC(=O)C(N)CN. The minimum atomic E-state index is -0.945. The molecule has 13 nitrogen and oxygen atoms in total. The second-order valence-corrected chi connectivity index (χ2v) is 7.84. The van der Waals surface area contributed by atoms with E-state index >= 15 is 0 Å². The van der Waals surface area contributed by atoms with Crippen molar-refractivity contribution in [1.29, 1.82) is 0 Å². The smallest absolute Gasteiger partial charge is 0.328 e. The molecule has 0 aliphatic rings. The topological polar surface area (TPSA) is 215 Å². The van der Waals surface area contributed by atoms with Gasteiger partial charge in [-0.3, -0.25) is 19.2 Å². The van der Waals surface area contributed by atoms with Crippen LogP contribution in [-0.4, -0.2) is 86.2 Å². The molecule has 0 heterocycles. The van der Waals surface area contributed by atoms with E-state index in [1.807, 2.05) is 0 Å². The van der Waals surface area contributed by atoms with Crippen LogP contribution in [0.5, 0.6) is 0 Å². The van der Waals surface area contributed by atoms with E-state index in [1.165, 1.54) is 6.08 Å². The van der Waals surface area contributed by atoms with Gasteiger partial charge in [0, 0.05) is 32.5 Å². The standard InChI is InChI=1S/C22H40N6O7/c1-3-13-35-22(34)17(28-20(31)15(24)14-23)7-4-5-11-26-18(29)9-10-19(30)27-12-6-8-16(25-2)21(32)33/h3,15-17,25H,1,4-14,23-24H2,2H3,(H,26,29)(H,27,30)(H,28,31)(H,32,33). The van der Waals surface area contributed by atoms with Crippen molar-refractivity contribution >= 4 is 29.7 Å². The number of unbranched alkanes of at least 4 members (excludes halogenated alkanes) is 1. The summed E-state index contributed by atoms with van der Waals surface area (Å²) in [5.41, 5.74) is 11.0. The van der Waals surface area contributed by atoms with Gasteiger partial charge in [0.05, 0.1) is 6.04 Å². The maximum Gasteiger partial charge on any atom is 0.328 e. The number of rotatable bonds is 20. The van der Waals surface area contributed by atoms with Crippen LogP contribution in [-0.2, 0) is 28.7 Å². The summed E-state index contributed by atoms with van der Waals surface area (Å²) in [4.78, 5) is 58.8. The summed E-state index contributed by atoms with van der Waals surface area (Å²) in [6.07, 6.45) is 3.66. The van der Waals surface area contributed by atoms with Gasteiger partial charge in [0.15, 0.2) is 0 Å². The van der Waals surface area contributed by atoms with Crippen LogP contribution in [0.4, 0.5) is 0 Å². The fourth-order valence-electron chi connectivity index (χ4n) is 2.91. The molecule has 3 amide bonds. The molecule has 3 atom stereocenters. The van der Waals surface area contributed by atoms with Crippen LogP contribution in [0.2, 0.25) is 0 Å². The monoisotopic (exact) mass is 500 g/mol. The molecule has 0 saturated heterocycles. The maximum atomic E-state index is 12.1. The zero-order chi connectivity index (χ0) is 26.6. The molecule has 0 spiro atoms. The number of aliphatic carboxylic acids is 1. The van der Waals surface area contributed by atoms with Gasteiger partial charge in [-0.2, -0.15) is 0 Å². The first-order chi connectivity index (χ1) is 16.7. The van der Waals surface area contributed by atoms with E-state index in [2.05, 4.69) is 27.8 Å². The lowest BCUT2D eigenvalue weighted by molar-refractivity contribution is -0.147. The molecule has 0 aromatic carbocycles. The van der Waals surface area contributed by atoms with Crippen molar-refractivity contribution in [3.8, 4) is 0 Å². The van der Waals surface area contributed by atoms with E-state index in [0.717, 1.165) is 0 Å². The normalized spacial score (nSPS) is 13.1. The molecule has 0 aromatic heterocycles. The van der Waals surface area contributed by atoms with Crippen molar-refractivity contribution in [1.82, 2.24) is 21.3 Å². The number of carbonyl (C=O) groups is 5. The summed E-state index contributed by atoms with van der Waals surface area (Å²) in [6.45, 7) is 4.08. The summed E-state index contributed by atoms with van der Waals surface area (Å²) in [5, 5.41) is 19.5. The van der Waals surface area contributed by atoms with Gasteiger partial charge >= 0.3 is 11.9 Å². The van der Waals surface area contributed by atoms with E-state index in [-0.39, 0.29) is 44.2 Å². The summed E-state index contributed by atoms with van der Waals surface area (Å²) in [7, 11) is 1.56. The quantitative estimate of drug-likeness (QED) is 0.0561. The third-order valence-electron chi connectivity index (χ3n) is 4.99. The molecule has 200 valence electrons. The molecule has 3 unspecified atom stereocenters. The Morgan fingerprint density at radius 2 is 1.54 bits per heavy atom. The van der Waals surface area contributed by atoms with Crippen LogP contribution >= 0.6 is 0 Å². The van der Waals surface area contributed by atoms with Crippen molar-refractivity contribution < 1.29 is 33.8 Å². The third kappa shape index (κ3) is 15.5. The van der Waals surface area contributed by atoms with Gasteiger partial charge in [0.2, 0.25) is 17.7 Å². The molecule has 0 rings (SSSR count). The summed E-state index contributed by atoms with van der Waals surface area (Å²) >= 11 is 0. The molecule has 0 bridgehead atoms. The van der Waals surface area contributed by atoms with Crippen LogP contribution in [0.3, 0.4) is 0 Å². The molecule has 0 fully saturated rings.